The van der Waals surface area contributed by atoms with Gasteiger partial charge in [-0.25, -0.2) is 9.97 Å². The Labute approximate surface area is 156 Å². The van der Waals surface area contributed by atoms with Gasteiger partial charge >= 0.3 is 0 Å². The average molecular weight is 370 g/mol. The molecule has 1 N–H and O–H groups in total. The lowest BCUT2D eigenvalue weighted by Crippen LogP contribution is -2.39. The standard InChI is InChI=1S/C19H22N4O2S/c1-14-2-3-17(25-14)18-16(15-4-11-26-13-15)12-21-19(22-18)20-5-6-23-7-9-24-10-8-23/h2-4,11-13H,5-10H2,1H3,(H,20,21,22). The second kappa shape index (κ2) is 7.99. The quantitative estimate of drug-likeness (QED) is 0.716. The van der Waals surface area contributed by atoms with E-state index in [2.05, 4.69) is 32.0 Å². The predicted octanol–water partition coefficient (Wildman–Crippen LogP) is 3.52. The number of anilines is 1. The molecule has 1 aliphatic heterocycles. The van der Waals surface area contributed by atoms with Crippen molar-refractivity contribution in [2.75, 3.05) is 44.7 Å². The molecule has 6 nitrogen and oxygen atoms in total. The lowest BCUT2D eigenvalue weighted by atomic mass is 10.1. The number of aromatic nitrogens is 2. The summed E-state index contributed by atoms with van der Waals surface area (Å²) < 4.78 is 11.2. The molecule has 0 aromatic carbocycles. The highest BCUT2D eigenvalue weighted by Crippen LogP contribution is 2.32. The third kappa shape index (κ3) is 3.95. The van der Waals surface area contributed by atoms with Gasteiger partial charge in [0.1, 0.15) is 11.5 Å². The van der Waals surface area contributed by atoms with E-state index in [-0.39, 0.29) is 0 Å². The van der Waals surface area contributed by atoms with Gasteiger partial charge in [0.2, 0.25) is 5.95 Å². The van der Waals surface area contributed by atoms with Gasteiger partial charge in [-0.2, -0.15) is 11.3 Å². The van der Waals surface area contributed by atoms with E-state index < -0.39 is 0 Å². The van der Waals surface area contributed by atoms with E-state index in [0.29, 0.717) is 5.95 Å². The number of morpholine rings is 1. The first-order valence-electron chi connectivity index (χ1n) is 8.80. The van der Waals surface area contributed by atoms with E-state index in [1.165, 1.54) is 0 Å². The maximum absolute atomic E-state index is 5.83. The molecular formula is C19H22N4O2S. The van der Waals surface area contributed by atoms with Crippen LogP contribution in [-0.4, -0.2) is 54.3 Å². The number of rotatable bonds is 6. The molecule has 1 fully saturated rings. The van der Waals surface area contributed by atoms with Crippen LogP contribution in [0, 0.1) is 6.92 Å². The summed E-state index contributed by atoms with van der Waals surface area (Å²) in [6.07, 6.45) is 1.87. The maximum atomic E-state index is 5.83. The van der Waals surface area contributed by atoms with Crippen molar-refractivity contribution in [3.8, 4) is 22.6 Å². The minimum Gasteiger partial charge on any atom is -0.460 e. The van der Waals surface area contributed by atoms with Crippen LogP contribution in [0.25, 0.3) is 22.6 Å². The molecule has 0 aliphatic carbocycles. The van der Waals surface area contributed by atoms with Crippen LogP contribution in [0.1, 0.15) is 5.76 Å². The van der Waals surface area contributed by atoms with Gasteiger partial charge in [0, 0.05) is 37.9 Å². The number of thiophene rings is 1. The van der Waals surface area contributed by atoms with Crippen molar-refractivity contribution in [3.05, 3.63) is 40.9 Å². The van der Waals surface area contributed by atoms with Gasteiger partial charge in [-0.05, 0) is 41.4 Å². The van der Waals surface area contributed by atoms with E-state index in [1.807, 2.05) is 25.3 Å². The molecule has 0 spiro atoms. The maximum Gasteiger partial charge on any atom is 0.223 e. The Kier molecular flexibility index (Phi) is 5.29. The Balaban J connectivity index is 1.53. The van der Waals surface area contributed by atoms with Crippen LogP contribution in [0.4, 0.5) is 5.95 Å². The van der Waals surface area contributed by atoms with Crippen LogP contribution >= 0.6 is 11.3 Å². The van der Waals surface area contributed by atoms with Gasteiger partial charge in [0.05, 0.1) is 13.2 Å². The topological polar surface area (TPSA) is 63.4 Å². The second-order valence-corrected chi connectivity index (χ2v) is 7.04. The SMILES string of the molecule is Cc1ccc(-c2nc(NCCN3CCOCC3)ncc2-c2ccsc2)o1. The molecule has 0 atom stereocenters. The van der Waals surface area contributed by atoms with Crippen molar-refractivity contribution in [2.24, 2.45) is 0 Å². The fourth-order valence-electron chi connectivity index (χ4n) is 3.00. The second-order valence-electron chi connectivity index (χ2n) is 6.26. The smallest absolute Gasteiger partial charge is 0.223 e. The number of nitrogens with zero attached hydrogens (tertiary/aromatic N) is 3. The molecule has 1 saturated heterocycles. The van der Waals surface area contributed by atoms with Gasteiger partial charge in [-0.15, -0.1) is 0 Å². The van der Waals surface area contributed by atoms with Crippen LogP contribution in [0.3, 0.4) is 0 Å². The first-order valence-corrected chi connectivity index (χ1v) is 9.74. The first kappa shape index (κ1) is 17.2. The Hall–Kier alpha value is -2.22. The van der Waals surface area contributed by atoms with E-state index in [9.17, 15) is 0 Å². The fraction of sp³-hybridized carbons (Fsp3) is 0.368. The van der Waals surface area contributed by atoms with Gasteiger partial charge in [0.15, 0.2) is 5.76 Å². The third-order valence-corrected chi connectivity index (χ3v) is 5.09. The molecule has 1 aliphatic rings. The third-order valence-electron chi connectivity index (χ3n) is 4.41. The summed E-state index contributed by atoms with van der Waals surface area (Å²) in [6.45, 7) is 7.29. The van der Waals surface area contributed by atoms with Crippen LogP contribution in [0.5, 0.6) is 0 Å². The van der Waals surface area contributed by atoms with E-state index in [0.717, 1.165) is 67.7 Å². The Morgan fingerprint density at radius 3 is 2.85 bits per heavy atom. The zero-order valence-electron chi connectivity index (χ0n) is 14.8. The molecule has 136 valence electrons. The van der Waals surface area contributed by atoms with Crippen LogP contribution < -0.4 is 5.32 Å². The molecule has 0 amide bonds. The molecule has 0 radical (unpaired) electrons. The summed E-state index contributed by atoms with van der Waals surface area (Å²) in [5, 5.41) is 7.49. The average Bonchev–Trinajstić information content (AvgIpc) is 3.34. The molecule has 4 heterocycles. The molecule has 26 heavy (non-hydrogen) atoms. The molecule has 4 rings (SSSR count). The lowest BCUT2D eigenvalue weighted by Gasteiger charge is -2.26. The minimum absolute atomic E-state index is 0.626. The minimum atomic E-state index is 0.626. The molecule has 0 unspecified atom stereocenters. The highest BCUT2D eigenvalue weighted by molar-refractivity contribution is 7.08. The molecule has 0 bridgehead atoms. The summed E-state index contributed by atoms with van der Waals surface area (Å²) in [5.74, 6) is 2.26. The molecular weight excluding hydrogens is 348 g/mol. The number of hydrogen-bond donors (Lipinski definition) is 1. The van der Waals surface area contributed by atoms with E-state index >= 15 is 0 Å². The number of furan rings is 1. The fourth-order valence-corrected chi connectivity index (χ4v) is 3.65. The predicted molar refractivity (Wildman–Crippen MR) is 104 cm³/mol. The number of hydrogen-bond acceptors (Lipinski definition) is 7. The van der Waals surface area contributed by atoms with Gasteiger partial charge in [0.25, 0.3) is 0 Å². The van der Waals surface area contributed by atoms with Crippen molar-refractivity contribution in [1.29, 1.82) is 0 Å². The monoisotopic (exact) mass is 370 g/mol. The number of ether oxygens (including phenoxy) is 1. The van der Waals surface area contributed by atoms with Crippen LogP contribution in [-0.2, 0) is 4.74 Å². The highest BCUT2D eigenvalue weighted by atomic mass is 32.1. The van der Waals surface area contributed by atoms with Crippen molar-refractivity contribution in [3.63, 3.8) is 0 Å². The first-order chi connectivity index (χ1) is 12.8. The van der Waals surface area contributed by atoms with Crippen molar-refractivity contribution in [1.82, 2.24) is 14.9 Å². The Morgan fingerprint density at radius 1 is 1.23 bits per heavy atom. The number of aryl methyl sites for hydroxylation is 1. The summed E-state index contributed by atoms with van der Waals surface area (Å²) in [5.41, 5.74) is 2.92. The molecule has 3 aromatic heterocycles. The Morgan fingerprint density at radius 2 is 2.12 bits per heavy atom. The van der Waals surface area contributed by atoms with E-state index in [1.54, 1.807) is 11.3 Å². The van der Waals surface area contributed by atoms with E-state index in [4.69, 9.17) is 14.1 Å². The lowest BCUT2D eigenvalue weighted by molar-refractivity contribution is 0.0398. The summed E-state index contributed by atoms with van der Waals surface area (Å²) in [7, 11) is 0. The van der Waals surface area contributed by atoms with Gasteiger partial charge in [-0.3, -0.25) is 4.90 Å². The van der Waals surface area contributed by atoms with Crippen molar-refractivity contribution >= 4 is 17.3 Å². The Bertz CT molecular complexity index is 841. The van der Waals surface area contributed by atoms with Gasteiger partial charge < -0.3 is 14.5 Å². The van der Waals surface area contributed by atoms with Crippen molar-refractivity contribution in [2.45, 2.75) is 6.92 Å². The number of nitrogens with one attached hydrogen (secondary N) is 1. The zero-order chi connectivity index (χ0) is 17.8. The zero-order valence-corrected chi connectivity index (χ0v) is 15.6. The van der Waals surface area contributed by atoms with Crippen LogP contribution in [0.15, 0.2) is 39.6 Å². The molecule has 7 heteroatoms. The summed E-state index contributed by atoms with van der Waals surface area (Å²) >= 11 is 1.66. The van der Waals surface area contributed by atoms with Crippen molar-refractivity contribution < 1.29 is 9.15 Å². The summed E-state index contributed by atoms with van der Waals surface area (Å²) in [4.78, 5) is 11.6. The normalized spacial score (nSPS) is 15.3. The summed E-state index contributed by atoms with van der Waals surface area (Å²) in [6, 6.07) is 6.00. The molecule has 0 saturated carbocycles. The van der Waals surface area contributed by atoms with Crippen LogP contribution in [0.2, 0.25) is 0 Å². The largest absolute Gasteiger partial charge is 0.460 e. The molecule has 3 aromatic rings. The highest BCUT2D eigenvalue weighted by Gasteiger charge is 2.15. The van der Waals surface area contributed by atoms with Gasteiger partial charge in [-0.1, -0.05) is 0 Å².